The van der Waals surface area contributed by atoms with Gasteiger partial charge in [0.05, 0.1) is 12.0 Å². The first-order chi connectivity index (χ1) is 8.74. The summed E-state index contributed by atoms with van der Waals surface area (Å²) in [7, 11) is 0. The molecule has 1 aromatic rings. The van der Waals surface area contributed by atoms with Gasteiger partial charge >= 0.3 is 5.97 Å². The number of rotatable bonds is 4. The van der Waals surface area contributed by atoms with Crippen LogP contribution in [-0.2, 0) is 4.79 Å². The van der Waals surface area contributed by atoms with E-state index in [0.717, 1.165) is 43.4 Å². The summed E-state index contributed by atoms with van der Waals surface area (Å²) >= 11 is 0. The maximum atomic E-state index is 11.2. The minimum absolute atomic E-state index is 0.178. The average Bonchev–Trinajstić information content (AvgIpc) is 3.04. The summed E-state index contributed by atoms with van der Waals surface area (Å²) in [5.74, 6) is 0.222. The van der Waals surface area contributed by atoms with Crippen molar-refractivity contribution in [1.82, 2.24) is 0 Å². The van der Waals surface area contributed by atoms with Crippen LogP contribution in [-0.4, -0.2) is 17.2 Å². The quantitative estimate of drug-likeness (QED) is 0.887. The molecule has 3 nitrogen and oxygen atoms in total. The maximum Gasteiger partial charge on any atom is 0.307 e. The average molecular weight is 246 g/mol. The third kappa shape index (κ3) is 2.35. The molecule has 2 saturated carbocycles. The Morgan fingerprint density at radius 2 is 1.83 bits per heavy atom. The van der Waals surface area contributed by atoms with Crippen molar-refractivity contribution < 1.29 is 14.6 Å². The molecule has 0 radical (unpaired) electrons. The van der Waals surface area contributed by atoms with Gasteiger partial charge in [-0.25, -0.2) is 0 Å². The van der Waals surface area contributed by atoms with Crippen LogP contribution in [0.3, 0.4) is 0 Å². The van der Waals surface area contributed by atoms with Gasteiger partial charge in [-0.15, -0.1) is 0 Å². The summed E-state index contributed by atoms with van der Waals surface area (Å²) in [6, 6.07) is 8.02. The van der Waals surface area contributed by atoms with Crippen LogP contribution in [0.1, 0.15) is 43.6 Å². The van der Waals surface area contributed by atoms with Crippen molar-refractivity contribution in [3.63, 3.8) is 0 Å². The summed E-state index contributed by atoms with van der Waals surface area (Å²) in [4.78, 5) is 11.2. The predicted molar refractivity (Wildman–Crippen MR) is 67.8 cm³/mol. The first kappa shape index (κ1) is 11.6. The molecule has 2 fully saturated rings. The molecule has 2 aliphatic carbocycles. The topological polar surface area (TPSA) is 46.5 Å². The highest BCUT2D eigenvalue weighted by Gasteiger charge is 2.33. The van der Waals surface area contributed by atoms with Crippen molar-refractivity contribution >= 4 is 5.97 Å². The molecule has 0 heterocycles. The van der Waals surface area contributed by atoms with Gasteiger partial charge in [0.2, 0.25) is 0 Å². The molecule has 0 aromatic heterocycles. The molecule has 96 valence electrons. The first-order valence-electron chi connectivity index (χ1n) is 6.73. The third-order valence-corrected chi connectivity index (χ3v) is 3.97. The number of benzene rings is 1. The van der Waals surface area contributed by atoms with Crippen LogP contribution in [0.4, 0.5) is 0 Å². The van der Waals surface area contributed by atoms with Crippen LogP contribution in [0.25, 0.3) is 0 Å². The van der Waals surface area contributed by atoms with Gasteiger partial charge in [-0.2, -0.15) is 0 Å². The number of carboxylic acid groups (broad SMARTS) is 1. The van der Waals surface area contributed by atoms with E-state index in [0.29, 0.717) is 6.10 Å². The van der Waals surface area contributed by atoms with Crippen LogP contribution >= 0.6 is 0 Å². The first-order valence-corrected chi connectivity index (χ1v) is 6.73. The molecule has 0 aliphatic heterocycles. The lowest BCUT2D eigenvalue weighted by atomic mass is 9.89. The van der Waals surface area contributed by atoms with Gasteiger partial charge in [0.25, 0.3) is 0 Å². The van der Waals surface area contributed by atoms with Crippen LogP contribution in [0, 0.1) is 5.92 Å². The molecule has 2 atom stereocenters. The normalized spacial score (nSPS) is 27.1. The van der Waals surface area contributed by atoms with E-state index >= 15 is 0 Å². The van der Waals surface area contributed by atoms with Crippen LogP contribution in [0.5, 0.6) is 5.75 Å². The number of carbonyl (C=O) groups is 1. The fourth-order valence-electron chi connectivity index (χ4n) is 2.83. The van der Waals surface area contributed by atoms with Crippen LogP contribution in [0.15, 0.2) is 24.3 Å². The van der Waals surface area contributed by atoms with E-state index in [4.69, 9.17) is 4.74 Å². The van der Waals surface area contributed by atoms with Gasteiger partial charge in [0, 0.05) is 0 Å². The van der Waals surface area contributed by atoms with Gasteiger partial charge in [0.15, 0.2) is 0 Å². The number of hydrogen-bond donors (Lipinski definition) is 1. The Morgan fingerprint density at radius 1 is 1.11 bits per heavy atom. The molecule has 18 heavy (non-hydrogen) atoms. The van der Waals surface area contributed by atoms with E-state index in [-0.39, 0.29) is 11.8 Å². The van der Waals surface area contributed by atoms with Gasteiger partial charge in [-0.3, -0.25) is 4.79 Å². The zero-order valence-corrected chi connectivity index (χ0v) is 10.3. The third-order valence-electron chi connectivity index (χ3n) is 3.97. The summed E-state index contributed by atoms with van der Waals surface area (Å²) in [5, 5.41) is 9.20. The predicted octanol–water partition coefficient (Wildman–Crippen LogP) is 3.20. The molecular weight excluding hydrogens is 228 g/mol. The highest BCUT2D eigenvalue weighted by atomic mass is 16.5. The van der Waals surface area contributed by atoms with E-state index in [1.165, 1.54) is 0 Å². The van der Waals surface area contributed by atoms with E-state index in [2.05, 4.69) is 0 Å². The summed E-state index contributed by atoms with van der Waals surface area (Å²) in [6.07, 6.45) is 5.54. The number of carboxylic acids is 1. The molecular formula is C15H18O3. The molecule has 0 spiro atoms. The van der Waals surface area contributed by atoms with Crippen molar-refractivity contribution in [1.29, 1.82) is 0 Å². The Hall–Kier alpha value is -1.51. The smallest absolute Gasteiger partial charge is 0.307 e. The zero-order chi connectivity index (χ0) is 12.5. The number of ether oxygens (including phenoxy) is 1. The van der Waals surface area contributed by atoms with Gasteiger partial charge in [-0.1, -0.05) is 18.6 Å². The van der Waals surface area contributed by atoms with Crippen molar-refractivity contribution in [3.8, 4) is 5.75 Å². The summed E-state index contributed by atoms with van der Waals surface area (Å²) < 4.78 is 5.70. The lowest BCUT2D eigenvalue weighted by Crippen LogP contribution is -2.16. The SMILES string of the molecule is O=C(O)C1CCCC1c1ccc(OC2CC2)cc1. The van der Waals surface area contributed by atoms with Crippen molar-refractivity contribution in [2.75, 3.05) is 0 Å². The van der Waals surface area contributed by atoms with Gasteiger partial charge in [-0.05, 0) is 49.3 Å². The Bertz CT molecular complexity index is 434. The monoisotopic (exact) mass is 246 g/mol. The standard InChI is InChI=1S/C15H18O3/c16-15(17)14-3-1-2-13(14)10-4-6-11(7-5-10)18-12-8-9-12/h4-7,12-14H,1-3,8-9H2,(H,16,17). The molecule has 1 aromatic carbocycles. The van der Waals surface area contributed by atoms with E-state index in [1.54, 1.807) is 0 Å². The number of aliphatic carboxylic acids is 1. The lowest BCUT2D eigenvalue weighted by molar-refractivity contribution is -0.142. The molecule has 3 rings (SSSR count). The summed E-state index contributed by atoms with van der Waals surface area (Å²) in [5.41, 5.74) is 1.14. The molecule has 3 heteroatoms. The van der Waals surface area contributed by atoms with Crippen molar-refractivity contribution in [3.05, 3.63) is 29.8 Å². The molecule has 0 amide bonds. The Balaban J connectivity index is 1.72. The van der Waals surface area contributed by atoms with Crippen molar-refractivity contribution in [2.24, 2.45) is 5.92 Å². The van der Waals surface area contributed by atoms with E-state index in [1.807, 2.05) is 24.3 Å². The Labute approximate surface area is 107 Å². The highest BCUT2D eigenvalue weighted by molar-refractivity contribution is 5.71. The highest BCUT2D eigenvalue weighted by Crippen LogP contribution is 2.40. The minimum Gasteiger partial charge on any atom is -0.490 e. The summed E-state index contributed by atoms with van der Waals surface area (Å²) in [6.45, 7) is 0. The zero-order valence-electron chi connectivity index (χ0n) is 10.3. The van der Waals surface area contributed by atoms with Crippen LogP contribution < -0.4 is 4.74 Å². The fourth-order valence-corrected chi connectivity index (χ4v) is 2.83. The van der Waals surface area contributed by atoms with E-state index in [9.17, 15) is 9.90 Å². The van der Waals surface area contributed by atoms with Crippen LogP contribution in [0.2, 0.25) is 0 Å². The van der Waals surface area contributed by atoms with E-state index < -0.39 is 5.97 Å². The second-order valence-corrected chi connectivity index (χ2v) is 5.37. The largest absolute Gasteiger partial charge is 0.490 e. The second-order valence-electron chi connectivity index (χ2n) is 5.37. The second kappa shape index (κ2) is 4.63. The van der Waals surface area contributed by atoms with Gasteiger partial charge in [0.1, 0.15) is 5.75 Å². The molecule has 0 bridgehead atoms. The molecule has 0 saturated heterocycles. The van der Waals surface area contributed by atoms with Crippen molar-refractivity contribution in [2.45, 2.75) is 44.1 Å². The fraction of sp³-hybridized carbons (Fsp3) is 0.533. The maximum absolute atomic E-state index is 11.2. The van der Waals surface area contributed by atoms with Gasteiger partial charge < -0.3 is 9.84 Å². The molecule has 1 N–H and O–H groups in total. The minimum atomic E-state index is -0.657. The Kier molecular flexibility index (Phi) is 2.98. The Morgan fingerprint density at radius 3 is 2.44 bits per heavy atom. The lowest BCUT2D eigenvalue weighted by Gasteiger charge is -2.16. The number of hydrogen-bond acceptors (Lipinski definition) is 2. The molecule has 2 unspecified atom stereocenters. The molecule has 2 aliphatic rings.